The fourth-order valence-electron chi connectivity index (χ4n) is 1.58. The second-order valence-electron chi connectivity index (χ2n) is 3.97. The molecule has 0 radical (unpaired) electrons. The summed E-state index contributed by atoms with van der Waals surface area (Å²) in [4.78, 5) is 15.7. The number of aromatic nitrogens is 1. The topological polar surface area (TPSA) is 60.5 Å². The predicted molar refractivity (Wildman–Crippen MR) is 69.9 cm³/mol. The molecule has 0 fully saturated rings. The van der Waals surface area contributed by atoms with Crippen LogP contribution in [0.1, 0.15) is 29.9 Å². The van der Waals surface area contributed by atoms with Gasteiger partial charge >= 0.3 is 5.97 Å². The van der Waals surface area contributed by atoms with Gasteiger partial charge in [0.05, 0.1) is 24.5 Å². The Labute approximate surface area is 108 Å². The summed E-state index contributed by atoms with van der Waals surface area (Å²) in [5.41, 5.74) is 1.14. The molecular weight excluding hydrogens is 232 g/mol. The smallest absolute Gasteiger partial charge is 0.339 e. The number of nitrogens with one attached hydrogen (secondary N) is 1. The number of carbonyl (C=O) groups excluding carboxylic acids is 1. The van der Waals surface area contributed by atoms with Crippen molar-refractivity contribution in [1.29, 1.82) is 0 Å². The minimum Gasteiger partial charge on any atom is -0.465 e. The predicted octanol–water partition coefficient (Wildman–Crippen LogP) is 2.01. The third-order valence-corrected chi connectivity index (χ3v) is 2.51. The molecule has 0 aliphatic rings. The van der Waals surface area contributed by atoms with Crippen LogP contribution in [0.4, 0.5) is 5.82 Å². The zero-order valence-corrected chi connectivity index (χ0v) is 11.3. The Hall–Kier alpha value is -1.62. The molecule has 0 saturated carbocycles. The van der Waals surface area contributed by atoms with E-state index in [1.165, 1.54) is 7.11 Å². The highest BCUT2D eigenvalue weighted by molar-refractivity contribution is 5.90. The molecule has 1 aromatic rings. The average Bonchev–Trinajstić information content (AvgIpc) is 2.36. The van der Waals surface area contributed by atoms with E-state index in [0.717, 1.165) is 5.82 Å². The summed E-state index contributed by atoms with van der Waals surface area (Å²) in [6.07, 6.45) is 0.123. The first-order valence-electron chi connectivity index (χ1n) is 6.00. The highest BCUT2D eigenvalue weighted by Gasteiger charge is 2.10. The van der Waals surface area contributed by atoms with Crippen molar-refractivity contribution in [2.45, 2.75) is 26.9 Å². The maximum Gasteiger partial charge on any atom is 0.339 e. The molecule has 0 aromatic carbocycles. The Morgan fingerprint density at radius 2 is 2.22 bits per heavy atom. The molecule has 0 spiro atoms. The van der Waals surface area contributed by atoms with E-state index in [0.29, 0.717) is 24.4 Å². The van der Waals surface area contributed by atoms with Gasteiger partial charge in [0.1, 0.15) is 5.82 Å². The highest BCUT2D eigenvalue weighted by Crippen LogP contribution is 2.11. The fourth-order valence-corrected chi connectivity index (χ4v) is 1.58. The maximum absolute atomic E-state index is 11.4. The van der Waals surface area contributed by atoms with Crippen LogP contribution in [0.15, 0.2) is 12.1 Å². The monoisotopic (exact) mass is 252 g/mol. The zero-order chi connectivity index (χ0) is 13.5. The maximum atomic E-state index is 11.4. The number of carbonyl (C=O) groups is 1. The van der Waals surface area contributed by atoms with Crippen molar-refractivity contribution in [3.63, 3.8) is 0 Å². The number of methoxy groups -OCH3 is 1. The highest BCUT2D eigenvalue weighted by atomic mass is 16.5. The van der Waals surface area contributed by atoms with Crippen LogP contribution in [-0.4, -0.2) is 37.3 Å². The summed E-state index contributed by atoms with van der Waals surface area (Å²) in [5, 5.41) is 3.17. The van der Waals surface area contributed by atoms with Crippen molar-refractivity contribution in [3.05, 3.63) is 23.4 Å². The number of anilines is 1. The Kier molecular flexibility index (Phi) is 5.58. The first kappa shape index (κ1) is 14.4. The standard InChI is InChI=1S/C13H20N2O3/c1-5-18-9(2)8-14-12-7-6-11(10(3)15-12)13(16)17-4/h6-7,9H,5,8H2,1-4H3,(H,14,15). The van der Waals surface area contributed by atoms with E-state index in [1.807, 2.05) is 13.8 Å². The summed E-state index contributed by atoms with van der Waals surface area (Å²) >= 11 is 0. The molecule has 0 bridgehead atoms. The summed E-state index contributed by atoms with van der Waals surface area (Å²) in [6.45, 7) is 7.11. The van der Waals surface area contributed by atoms with Crippen LogP contribution in [0.25, 0.3) is 0 Å². The van der Waals surface area contributed by atoms with Gasteiger partial charge in [-0.3, -0.25) is 0 Å². The number of nitrogens with zero attached hydrogens (tertiary/aromatic N) is 1. The lowest BCUT2D eigenvalue weighted by atomic mass is 10.2. The number of rotatable bonds is 6. The van der Waals surface area contributed by atoms with Crippen molar-refractivity contribution in [3.8, 4) is 0 Å². The quantitative estimate of drug-likeness (QED) is 0.785. The Bertz CT molecular complexity index is 407. The fraction of sp³-hybridized carbons (Fsp3) is 0.538. The van der Waals surface area contributed by atoms with Crippen molar-refractivity contribution >= 4 is 11.8 Å². The first-order valence-corrected chi connectivity index (χ1v) is 6.00. The molecule has 0 saturated heterocycles. The Morgan fingerprint density at radius 3 is 2.78 bits per heavy atom. The van der Waals surface area contributed by atoms with E-state index in [1.54, 1.807) is 19.1 Å². The molecule has 5 nitrogen and oxygen atoms in total. The van der Waals surface area contributed by atoms with Gasteiger partial charge in [0.25, 0.3) is 0 Å². The van der Waals surface area contributed by atoms with Gasteiger partial charge in [0, 0.05) is 13.2 Å². The van der Waals surface area contributed by atoms with Gasteiger partial charge in [-0.1, -0.05) is 0 Å². The third-order valence-electron chi connectivity index (χ3n) is 2.51. The van der Waals surface area contributed by atoms with Gasteiger partial charge in [-0.05, 0) is 32.9 Å². The van der Waals surface area contributed by atoms with Crippen LogP contribution in [-0.2, 0) is 9.47 Å². The second kappa shape index (κ2) is 6.96. The van der Waals surface area contributed by atoms with Crippen LogP contribution in [0.3, 0.4) is 0 Å². The Morgan fingerprint density at radius 1 is 1.50 bits per heavy atom. The summed E-state index contributed by atoms with van der Waals surface area (Å²) in [6, 6.07) is 3.47. The lowest BCUT2D eigenvalue weighted by Crippen LogP contribution is -2.20. The van der Waals surface area contributed by atoms with Crippen molar-refractivity contribution in [2.75, 3.05) is 25.6 Å². The minimum atomic E-state index is -0.366. The second-order valence-corrected chi connectivity index (χ2v) is 3.97. The normalized spacial score (nSPS) is 12.0. The Balaban J connectivity index is 2.64. The van der Waals surface area contributed by atoms with Gasteiger partial charge in [0.15, 0.2) is 0 Å². The van der Waals surface area contributed by atoms with E-state index in [-0.39, 0.29) is 12.1 Å². The van der Waals surface area contributed by atoms with Gasteiger partial charge in [-0.15, -0.1) is 0 Å². The minimum absolute atomic E-state index is 0.123. The number of aryl methyl sites for hydroxylation is 1. The van der Waals surface area contributed by atoms with Crippen molar-refractivity contribution in [2.24, 2.45) is 0 Å². The SMILES string of the molecule is CCOC(C)CNc1ccc(C(=O)OC)c(C)n1. The molecule has 1 aromatic heterocycles. The third kappa shape index (κ3) is 4.00. The molecule has 100 valence electrons. The van der Waals surface area contributed by atoms with Gasteiger partial charge < -0.3 is 14.8 Å². The summed E-state index contributed by atoms with van der Waals surface area (Å²) in [5.74, 6) is 0.362. The molecule has 1 rings (SSSR count). The zero-order valence-electron chi connectivity index (χ0n) is 11.3. The van der Waals surface area contributed by atoms with Gasteiger partial charge in [0.2, 0.25) is 0 Å². The van der Waals surface area contributed by atoms with Gasteiger partial charge in [-0.2, -0.15) is 0 Å². The molecule has 1 atom stereocenters. The number of ether oxygens (including phenoxy) is 2. The summed E-state index contributed by atoms with van der Waals surface area (Å²) < 4.78 is 10.1. The first-order chi connectivity index (χ1) is 8.58. The molecule has 0 aliphatic heterocycles. The number of pyridine rings is 1. The molecule has 0 amide bonds. The number of esters is 1. The molecule has 1 N–H and O–H groups in total. The van der Waals surface area contributed by atoms with Gasteiger partial charge in [-0.25, -0.2) is 9.78 Å². The van der Waals surface area contributed by atoms with Crippen molar-refractivity contribution in [1.82, 2.24) is 4.98 Å². The largest absolute Gasteiger partial charge is 0.465 e. The lowest BCUT2D eigenvalue weighted by molar-refractivity contribution is 0.0599. The molecule has 5 heteroatoms. The van der Waals surface area contributed by atoms with Crippen molar-refractivity contribution < 1.29 is 14.3 Å². The molecular formula is C13H20N2O3. The molecule has 0 aliphatic carbocycles. The average molecular weight is 252 g/mol. The van der Waals surface area contributed by atoms with Crippen LogP contribution in [0.2, 0.25) is 0 Å². The summed E-state index contributed by atoms with van der Waals surface area (Å²) in [7, 11) is 1.36. The van der Waals surface area contributed by atoms with E-state index < -0.39 is 0 Å². The number of hydrogen-bond donors (Lipinski definition) is 1. The lowest BCUT2D eigenvalue weighted by Gasteiger charge is -2.13. The van der Waals surface area contributed by atoms with Crippen LogP contribution < -0.4 is 5.32 Å². The van der Waals surface area contributed by atoms with Crippen LogP contribution >= 0.6 is 0 Å². The van der Waals surface area contributed by atoms with Crippen LogP contribution in [0, 0.1) is 6.92 Å². The van der Waals surface area contributed by atoms with E-state index in [9.17, 15) is 4.79 Å². The molecule has 1 unspecified atom stereocenters. The molecule has 18 heavy (non-hydrogen) atoms. The van der Waals surface area contributed by atoms with E-state index in [4.69, 9.17) is 4.74 Å². The van der Waals surface area contributed by atoms with E-state index >= 15 is 0 Å². The van der Waals surface area contributed by atoms with Crippen LogP contribution in [0.5, 0.6) is 0 Å². The molecule has 1 heterocycles. The number of hydrogen-bond acceptors (Lipinski definition) is 5. The van der Waals surface area contributed by atoms with E-state index in [2.05, 4.69) is 15.0 Å².